The lowest BCUT2D eigenvalue weighted by atomic mass is 10.1. The molecule has 2 N–H and O–H groups in total. The number of aromatic nitrogens is 2. The van der Waals surface area contributed by atoms with Crippen molar-refractivity contribution in [1.29, 1.82) is 0 Å². The molecular weight excluding hydrogens is 408 g/mol. The van der Waals surface area contributed by atoms with Gasteiger partial charge in [-0.25, -0.2) is 14.8 Å². The molecule has 2 aliphatic rings. The van der Waals surface area contributed by atoms with Gasteiger partial charge in [0.2, 0.25) is 0 Å². The number of carbonyl (C=O) groups is 1. The molecule has 2 aromatic carbocycles. The summed E-state index contributed by atoms with van der Waals surface area (Å²) in [5.41, 5.74) is 2.52. The van der Waals surface area contributed by atoms with Crippen LogP contribution in [0.1, 0.15) is 18.4 Å². The number of nitrogens with one attached hydrogen (secondary N) is 1. The Bertz CT molecular complexity index is 1150. The number of nitrogens with zero attached hydrogens (tertiary/aromatic N) is 3. The number of benzene rings is 2. The smallest absolute Gasteiger partial charge is 0.407 e. The Hall–Kier alpha value is -3.39. The minimum Gasteiger partial charge on any atom is -0.507 e. The molecule has 0 aliphatic carbocycles. The van der Waals surface area contributed by atoms with E-state index in [0.29, 0.717) is 31.1 Å². The number of fused-ring (bicyclic) bond motifs is 1. The van der Waals surface area contributed by atoms with Gasteiger partial charge in [-0.3, -0.25) is 0 Å². The zero-order chi connectivity index (χ0) is 22.1. The molecule has 2 saturated heterocycles. The largest absolute Gasteiger partial charge is 0.507 e. The first-order valence-electron chi connectivity index (χ1n) is 10.9. The van der Waals surface area contributed by atoms with Gasteiger partial charge in [-0.1, -0.05) is 18.2 Å². The molecule has 8 nitrogen and oxygen atoms in total. The standard InChI is InChI=1S/C24H26N4O4/c1-15-6-7-18-20(12-15)26-22(19-4-2-3-5-21(19)29)27-23(18)28-10-8-16(13-28)25-24(30)32-17-9-11-31-14-17/h2-7,12,16-17,29H,8-11,13-14H2,1H3,(H,25,30)/t16?,17-/m0/s1. The van der Waals surface area contributed by atoms with Crippen LogP contribution in [0.25, 0.3) is 22.3 Å². The van der Waals surface area contributed by atoms with Crippen molar-refractivity contribution in [3.63, 3.8) is 0 Å². The van der Waals surface area contributed by atoms with Crippen LogP contribution in [0.2, 0.25) is 0 Å². The van der Waals surface area contributed by atoms with Gasteiger partial charge in [0.25, 0.3) is 0 Å². The van der Waals surface area contributed by atoms with Crippen molar-refractivity contribution in [3.05, 3.63) is 48.0 Å². The Morgan fingerprint density at radius 1 is 1.22 bits per heavy atom. The molecule has 2 atom stereocenters. The Morgan fingerprint density at radius 2 is 2.09 bits per heavy atom. The number of alkyl carbamates (subject to hydrolysis) is 1. The molecule has 0 bridgehead atoms. The van der Waals surface area contributed by atoms with Gasteiger partial charge in [-0.15, -0.1) is 0 Å². The molecule has 1 unspecified atom stereocenters. The highest BCUT2D eigenvalue weighted by molar-refractivity contribution is 5.92. The van der Waals surface area contributed by atoms with Gasteiger partial charge in [0, 0.05) is 24.9 Å². The molecule has 0 spiro atoms. The summed E-state index contributed by atoms with van der Waals surface area (Å²) in [5, 5.41) is 14.3. The van der Waals surface area contributed by atoms with E-state index in [1.54, 1.807) is 12.1 Å². The number of ether oxygens (including phenoxy) is 2. The number of hydrogen-bond donors (Lipinski definition) is 2. The van der Waals surface area contributed by atoms with Crippen LogP contribution in [0.15, 0.2) is 42.5 Å². The fourth-order valence-corrected chi connectivity index (χ4v) is 4.28. The van der Waals surface area contributed by atoms with Crippen LogP contribution in [0, 0.1) is 6.92 Å². The van der Waals surface area contributed by atoms with Crippen molar-refractivity contribution < 1.29 is 19.4 Å². The second-order valence-electron chi connectivity index (χ2n) is 8.38. The normalized spacial score (nSPS) is 20.6. The van der Waals surface area contributed by atoms with E-state index in [4.69, 9.17) is 19.4 Å². The maximum atomic E-state index is 12.3. The van der Waals surface area contributed by atoms with E-state index in [2.05, 4.69) is 10.2 Å². The van der Waals surface area contributed by atoms with Gasteiger partial charge in [0.05, 0.1) is 30.3 Å². The predicted octanol–water partition coefficient (Wildman–Crippen LogP) is 3.40. The van der Waals surface area contributed by atoms with Crippen LogP contribution in [0.5, 0.6) is 5.75 Å². The molecular formula is C24H26N4O4. The average Bonchev–Trinajstić information content (AvgIpc) is 3.45. The molecule has 3 aromatic rings. The quantitative estimate of drug-likeness (QED) is 0.650. The van der Waals surface area contributed by atoms with Crippen LogP contribution >= 0.6 is 0 Å². The summed E-state index contributed by atoms with van der Waals surface area (Å²) in [5.74, 6) is 1.42. The molecule has 2 aliphatic heterocycles. The number of amides is 1. The maximum Gasteiger partial charge on any atom is 0.407 e. The fraction of sp³-hybridized carbons (Fsp3) is 0.375. The number of rotatable bonds is 4. The minimum atomic E-state index is -0.398. The van der Waals surface area contributed by atoms with E-state index in [-0.39, 0.29) is 17.9 Å². The number of anilines is 1. The molecule has 0 radical (unpaired) electrons. The predicted molar refractivity (Wildman–Crippen MR) is 121 cm³/mol. The van der Waals surface area contributed by atoms with E-state index < -0.39 is 6.09 Å². The Kier molecular flexibility index (Phi) is 5.53. The topological polar surface area (TPSA) is 96.8 Å². The number of phenolic OH excluding ortho intramolecular Hbond substituents is 1. The fourth-order valence-electron chi connectivity index (χ4n) is 4.28. The van der Waals surface area contributed by atoms with Crippen LogP contribution in [-0.2, 0) is 9.47 Å². The number of aryl methyl sites for hydroxylation is 1. The van der Waals surface area contributed by atoms with E-state index in [0.717, 1.165) is 41.7 Å². The number of carbonyl (C=O) groups excluding carboxylic acids is 1. The van der Waals surface area contributed by atoms with Crippen LogP contribution in [-0.4, -0.2) is 59.6 Å². The van der Waals surface area contributed by atoms with Gasteiger partial charge < -0.3 is 24.8 Å². The van der Waals surface area contributed by atoms with Crippen molar-refractivity contribution in [1.82, 2.24) is 15.3 Å². The Morgan fingerprint density at radius 3 is 2.91 bits per heavy atom. The van der Waals surface area contributed by atoms with Gasteiger partial charge in [0.1, 0.15) is 17.7 Å². The third-order valence-electron chi connectivity index (χ3n) is 5.95. The summed E-state index contributed by atoms with van der Waals surface area (Å²) in [7, 11) is 0. The highest BCUT2D eigenvalue weighted by Crippen LogP contribution is 2.33. The molecule has 5 rings (SSSR count). The number of para-hydroxylation sites is 1. The van der Waals surface area contributed by atoms with Crippen molar-refractivity contribution in [2.24, 2.45) is 0 Å². The molecule has 2 fully saturated rings. The first kappa shape index (κ1) is 20.5. The summed E-state index contributed by atoms with van der Waals surface area (Å²) in [4.78, 5) is 24.0. The first-order chi connectivity index (χ1) is 15.6. The highest BCUT2D eigenvalue weighted by Gasteiger charge is 2.29. The number of phenols is 1. The average molecular weight is 434 g/mol. The zero-order valence-electron chi connectivity index (χ0n) is 18.0. The summed E-state index contributed by atoms with van der Waals surface area (Å²) in [6.07, 6.45) is 0.971. The van der Waals surface area contributed by atoms with Crippen molar-refractivity contribution >= 4 is 22.8 Å². The zero-order valence-corrected chi connectivity index (χ0v) is 18.0. The summed E-state index contributed by atoms with van der Waals surface area (Å²) >= 11 is 0. The van der Waals surface area contributed by atoms with Crippen molar-refractivity contribution in [2.75, 3.05) is 31.2 Å². The molecule has 1 amide bonds. The van der Waals surface area contributed by atoms with Gasteiger partial charge in [0.15, 0.2) is 5.82 Å². The number of aromatic hydroxyl groups is 1. The maximum absolute atomic E-state index is 12.3. The van der Waals surface area contributed by atoms with Crippen molar-refractivity contribution in [3.8, 4) is 17.1 Å². The van der Waals surface area contributed by atoms with E-state index in [9.17, 15) is 9.90 Å². The van der Waals surface area contributed by atoms with Crippen LogP contribution in [0.4, 0.5) is 10.6 Å². The summed E-state index contributed by atoms with van der Waals surface area (Å²) in [6, 6.07) is 13.1. The molecule has 1 aromatic heterocycles. The Labute approximate surface area is 186 Å². The monoisotopic (exact) mass is 434 g/mol. The van der Waals surface area contributed by atoms with E-state index in [1.807, 2.05) is 37.3 Å². The highest BCUT2D eigenvalue weighted by atomic mass is 16.6. The van der Waals surface area contributed by atoms with Gasteiger partial charge in [-0.05, 0) is 43.2 Å². The molecule has 0 saturated carbocycles. The third-order valence-corrected chi connectivity index (χ3v) is 5.95. The lowest BCUT2D eigenvalue weighted by molar-refractivity contribution is 0.0813. The third kappa shape index (κ3) is 4.18. The second-order valence-corrected chi connectivity index (χ2v) is 8.38. The van der Waals surface area contributed by atoms with Gasteiger partial charge >= 0.3 is 6.09 Å². The van der Waals surface area contributed by atoms with Crippen molar-refractivity contribution in [2.45, 2.75) is 31.9 Å². The van der Waals surface area contributed by atoms with Crippen LogP contribution in [0.3, 0.4) is 0 Å². The Balaban J connectivity index is 1.40. The number of hydrogen-bond acceptors (Lipinski definition) is 7. The molecule has 32 heavy (non-hydrogen) atoms. The lowest BCUT2D eigenvalue weighted by Crippen LogP contribution is -2.39. The lowest BCUT2D eigenvalue weighted by Gasteiger charge is -2.21. The van der Waals surface area contributed by atoms with E-state index >= 15 is 0 Å². The van der Waals surface area contributed by atoms with Crippen LogP contribution < -0.4 is 10.2 Å². The second kappa shape index (κ2) is 8.63. The molecule has 8 heteroatoms. The van der Waals surface area contributed by atoms with E-state index in [1.165, 1.54) is 0 Å². The first-order valence-corrected chi connectivity index (χ1v) is 10.9. The van der Waals surface area contributed by atoms with Gasteiger partial charge in [-0.2, -0.15) is 0 Å². The summed E-state index contributed by atoms with van der Waals surface area (Å²) < 4.78 is 10.7. The molecule has 166 valence electrons. The SMILES string of the molecule is Cc1ccc2c(N3CCC(NC(=O)O[C@H]4CCOC4)C3)nc(-c3ccccc3O)nc2c1. The summed E-state index contributed by atoms with van der Waals surface area (Å²) in [6.45, 7) is 4.49. The minimum absolute atomic E-state index is 0.0335. The molecule has 3 heterocycles.